The van der Waals surface area contributed by atoms with Crippen molar-refractivity contribution < 1.29 is 13.6 Å². The maximum absolute atomic E-state index is 13.1. The number of benzene rings is 1. The molecule has 0 radical (unpaired) electrons. The van der Waals surface area contributed by atoms with Gasteiger partial charge in [0.1, 0.15) is 0 Å². The minimum absolute atomic E-state index is 0.138. The summed E-state index contributed by atoms with van der Waals surface area (Å²) in [6.45, 7) is 3.88. The summed E-state index contributed by atoms with van der Waals surface area (Å²) < 4.78 is 28.2. The van der Waals surface area contributed by atoms with Crippen molar-refractivity contribution in [3.63, 3.8) is 0 Å². The third kappa shape index (κ3) is 2.87. The Balaban J connectivity index is 1.64. The van der Waals surface area contributed by atoms with E-state index in [1.807, 2.05) is 18.3 Å². The normalized spacial score (nSPS) is 18.0. The maximum atomic E-state index is 13.1. The van der Waals surface area contributed by atoms with Crippen molar-refractivity contribution in [1.82, 2.24) is 9.47 Å². The van der Waals surface area contributed by atoms with Crippen molar-refractivity contribution in [2.24, 2.45) is 0 Å². The van der Waals surface area contributed by atoms with E-state index < -0.39 is 11.6 Å². The van der Waals surface area contributed by atoms with E-state index in [1.54, 1.807) is 0 Å². The number of hydrogen-bond donors (Lipinski definition) is 1. The Morgan fingerprint density at radius 2 is 2.09 bits per heavy atom. The zero-order chi connectivity index (χ0) is 15.7. The number of carbonyl (C=O) groups is 1. The molecule has 1 N–H and O–H groups in total. The second-order valence-corrected chi connectivity index (χ2v) is 5.45. The molecule has 2 aromatic rings. The lowest BCUT2D eigenvalue weighted by atomic mass is 10.1. The number of nitrogens with one attached hydrogen (secondary N) is 1. The van der Waals surface area contributed by atoms with E-state index in [2.05, 4.69) is 21.7 Å². The quantitative estimate of drug-likeness (QED) is 0.947. The van der Waals surface area contributed by atoms with Gasteiger partial charge in [-0.15, -0.1) is 0 Å². The SMILES string of the molecule is CC1c2cccn2CCN1CC(=O)Nc1ccc(F)c(F)c1. The Morgan fingerprint density at radius 3 is 2.86 bits per heavy atom. The second kappa shape index (κ2) is 5.88. The first-order chi connectivity index (χ1) is 10.5. The molecule has 1 aliphatic rings. The van der Waals surface area contributed by atoms with Crippen LogP contribution in [0.5, 0.6) is 0 Å². The Hall–Kier alpha value is -2.21. The van der Waals surface area contributed by atoms with Gasteiger partial charge in [-0.25, -0.2) is 8.78 Å². The van der Waals surface area contributed by atoms with Crippen LogP contribution < -0.4 is 5.32 Å². The molecule has 0 aliphatic carbocycles. The number of fused-ring (bicyclic) bond motifs is 1. The highest BCUT2D eigenvalue weighted by molar-refractivity contribution is 5.92. The molecule has 0 saturated carbocycles. The summed E-state index contributed by atoms with van der Waals surface area (Å²) in [7, 11) is 0. The van der Waals surface area contributed by atoms with Crippen LogP contribution >= 0.6 is 0 Å². The Labute approximate surface area is 127 Å². The predicted octanol–water partition coefficient (Wildman–Crippen LogP) is 2.78. The molecule has 1 aromatic carbocycles. The number of amides is 1. The first-order valence-electron chi connectivity index (χ1n) is 7.18. The van der Waals surface area contributed by atoms with E-state index in [9.17, 15) is 13.6 Å². The van der Waals surface area contributed by atoms with Crippen molar-refractivity contribution in [2.45, 2.75) is 19.5 Å². The van der Waals surface area contributed by atoms with Crippen LogP contribution in [0.3, 0.4) is 0 Å². The van der Waals surface area contributed by atoms with Gasteiger partial charge in [0.05, 0.1) is 6.54 Å². The second-order valence-electron chi connectivity index (χ2n) is 5.45. The molecule has 1 atom stereocenters. The van der Waals surface area contributed by atoms with E-state index in [0.717, 1.165) is 25.2 Å². The average Bonchev–Trinajstić information content (AvgIpc) is 2.95. The highest BCUT2D eigenvalue weighted by Gasteiger charge is 2.25. The van der Waals surface area contributed by atoms with E-state index in [-0.39, 0.29) is 24.2 Å². The number of hydrogen-bond acceptors (Lipinski definition) is 2. The molecule has 3 rings (SSSR count). The van der Waals surface area contributed by atoms with E-state index in [1.165, 1.54) is 11.8 Å². The van der Waals surface area contributed by atoms with Gasteiger partial charge in [0, 0.05) is 42.8 Å². The molecule has 0 bridgehead atoms. The molecule has 0 fully saturated rings. The third-order valence-corrected chi connectivity index (χ3v) is 4.02. The number of halogens is 2. The van der Waals surface area contributed by atoms with Crippen molar-refractivity contribution >= 4 is 11.6 Å². The van der Waals surface area contributed by atoms with Crippen molar-refractivity contribution in [3.05, 3.63) is 53.9 Å². The standard InChI is InChI=1S/C16H17F2N3O/c1-11-15-3-2-6-20(15)7-8-21(11)10-16(22)19-12-4-5-13(17)14(18)9-12/h2-6,9,11H,7-8,10H2,1H3,(H,19,22). The van der Waals surface area contributed by atoms with Crippen LogP contribution in [0.1, 0.15) is 18.7 Å². The Kier molecular flexibility index (Phi) is 3.94. The number of anilines is 1. The number of rotatable bonds is 3. The highest BCUT2D eigenvalue weighted by Crippen LogP contribution is 2.25. The lowest BCUT2D eigenvalue weighted by Gasteiger charge is -2.34. The summed E-state index contributed by atoms with van der Waals surface area (Å²) >= 11 is 0. The Bertz CT molecular complexity index is 698. The lowest BCUT2D eigenvalue weighted by Crippen LogP contribution is -2.41. The van der Waals surface area contributed by atoms with Crippen LogP contribution in [-0.4, -0.2) is 28.5 Å². The van der Waals surface area contributed by atoms with Crippen molar-refractivity contribution in [1.29, 1.82) is 0 Å². The summed E-state index contributed by atoms with van der Waals surface area (Å²) in [5, 5.41) is 2.60. The van der Waals surface area contributed by atoms with Gasteiger partial charge in [-0.3, -0.25) is 9.69 Å². The molecular formula is C16H17F2N3O. The number of aromatic nitrogens is 1. The monoisotopic (exact) mass is 305 g/mol. The first-order valence-corrected chi connectivity index (χ1v) is 7.18. The summed E-state index contributed by atoms with van der Waals surface area (Å²) in [4.78, 5) is 14.2. The van der Waals surface area contributed by atoms with Gasteiger partial charge in [0.2, 0.25) is 5.91 Å². The van der Waals surface area contributed by atoms with Crippen molar-refractivity contribution in [2.75, 3.05) is 18.4 Å². The van der Waals surface area contributed by atoms with Gasteiger partial charge < -0.3 is 9.88 Å². The fraction of sp³-hybridized carbons (Fsp3) is 0.312. The molecule has 1 aromatic heterocycles. The molecule has 0 spiro atoms. The van der Waals surface area contributed by atoms with Crippen LogP contribution in [0, 0.1) is 11.6 Å². The van der Waals surface area contributed by atoms with Gasteiger partial charge in [0.25, 0.3) is 0 Å². The molecule has 22 heavy (non-hydrogen) atoms. The van der Waals surface area contributed by atoms with Gasteiger partial charge in [0.15, 0.2) is 11.6 Å². The summed E-state index contributed by atoms with van der Waals surface area (Å²) in [6, 6.07) is 7.51. The lowest BCUT2D eigenvalue weighted by molar-refractivity contribution is -0.118. The third-order valence-electron chi connectivity index (χ3n) is 4.02. The summed E-state index contributed by atoms with van der Waals surface area (Å²) in [6.07, 6.45) is 2.03. The van der Waals surface area contributed by atoms with E-state index in [4.69, 9.17) is 0 Å². The van der Waals surface area contributed by atoms with Crippen LogP contribution in [0.2, 0.25) is 0 Å². The zero-order valence-electron chi connectivity index (χ0n) is 12.2. The van der Waals surface area contributed by atoms with Crippen LogP contribution in [-0.2, 0) is 11.3 Å². The van der Waals surface area contributed by atoms with E-state index >= 15 is 0 Å². The minimum Gasteiger partial charge on any atom is -0.349 e. The number of nitrogens with zero attached hydrogens (tertiary/aromatic N) is 2. The average molecular weight is 305 g/mol. The molecule has 2 heterocycles. The zero-order valence-corrected chi connectivity index (χ0v) is 12.2. The Morgan fingerprint density at radius 1 is 1.27 bits per heavy atom. The largest absolute Gasteiger partial charge is 0.349 e. The molecule has 6 heteroatoms. The van der Waals surface area contributed by atoms with Crippen LogP contribution in [0.4, 0.5) is 14.5 Å². The van der Waals surface area contributed by atoms with Gasteiger partial charge in [-0.1, -0.05) is 0 Å². The van der Waals surface area contributed by atoms with Gasteiger partial charge in [-0.2, -0.15) is 0 Å². The van der Waals surface area contributed by atoms with Crippen LogP contribution in [0.15, 0.2) is 36.5 Å². The maximum Gasteiger partial charge on any atom is 0.238 e. The molecule has 1 unspecified atom stereocenters. The minimum atomic E-state index is -0.970. The van der Waals surface area contributed by atoms with Crippen LogP contribution in [0.25, 0.3) is 0 Å². The molecule has 1 amide bonds. The highest BCUT2D eigenvalue weighted by atomic mass is 19.2. The first kappa shape index (κ1) is 14.7. The van der Waals surface area contributed by atoms with E-state index in [0.29, 0.717) is 0 Å². The van der Waals surface area contributed by atoms with Gasteiger partial charge >= 0.3 is 0 Å². The fourth-order valence-corrected chi connectivity index (χ4v) is 2.80. The summed E-state index contributed by atoms with van der Waals surface area (Å²) in [5.74, 6) is -2.14. The predicted molar refractivity (Wildman–Crippen MR) is 79.4 cm³/mol. The fourth-order valence-electron chi connectivity index (χ4n) is 2.80. The smallest absolute Gasteiger partial charge is 0.238 e. The molecule has 1 aliphatic heterocycles. The van der Waals surface area contributed by atoms with Crippen molar-refractivity contribution in [3.8, 4) is 0 Å². The topological polar surface area (TPSA) is 37.3 Å². The number of carbonyl (C=O) groups excluding carboxylic acids is 1. The summed E-state index contributed by atoms with van der Waals surface area (Å²) in [5.41, 5.74) is 1.43. The molecule has 4 nitrogen and oxygen atoms in total. The molecule has 116 valence electrons. The van der Waals surface area contributed by atoms with Gasteiger partial charge in [-0.05, 0) is 31.2 Å². The molecule has 0 saturated heterocycles. The molecular weight excluding hydrogens is 288 g/mol.